The zero-order valence-electron chi connectivity index (χ0n) is 11.3. The zero-order valence-corrected chi connectivity index (χ0v) is 12.1. The molecule has 0 fully saturated rings. The van der Waals surface area contributed by atoms with Gasteiger partial charge in [0.15, 0.2) is 5.82 Å². The molecule has 2 aromatic heterocycles. The number of benzene rings is 1. The first-order valence-corrected chi connectivity index (χ1v) is 6.70. The van der Waals surface area contributed by atoms with Crippen molar-refractivity contribution in [1.29, 1.82) is 0 Å². The highest BCUT2D eigenvalue weighted by atomic mass is 32.1. The molecule has 5 heteroatoms. The molecule has 2 N–H and O–H groups in total. The summed E-state index contributed by atoms with van der Waals surface area (Å²) in [4.78, 5) is 4.92. The topological polar surface area (TPSA) is 56.7 Å². The zero-order chi connectivity index (χ0) is 14.3. The molecule has 0 unspecified atom stereocenters. The van der Waals surface area contributed by atoms with Gasteiger partial charge in [-0.25, -0.2) is 9.67 Å². The van der Waals surface area contributed by atoms with Gasteiger partial charge in [-0.05, 0) is 31.5 Å². The monoisotopic (exact) mass is 282 g/mol. The van der Waals surface area contributed by atoms with E-state index < -0.39 is 0 Å². The summed E-state index contributed by atoms with van der Waals surface area (Å²) in [5, 5.41) is 5.49. The van der Waals surface area contributed by atoms with Gasteiger partial charge in [-0.1, -0.05) is 30.4 Å². The summed E-state index contributed by atoms with van der Waals surface area (Å²) in [6, 6.07) is 9.96. The number of aromatic nitrogens is 3. The molecular formula is C15H14N4S. The van der Waals surface area contributed by atoms with Crippen LogP contribution in [0.4, 0.5) is 0 Å². The number of aryl methyl sites for hydroxylation is 2. The van der Waals surface area contributed by atoms with Crippen molar-refractivity contribution < 1.29 is 0 Å². The molecule has 1 aromatic carbocycles. The molecule has 0 aliphatic carbocycles. The number of hydrogen-bond donors (Lipinski definition) is 1. The smallest absolute Gasteiger partial charge is 0.164 e. The average molecular weight is 282 g/mol. The van der Waals surface area contributed by atoms with E-state index in [1.165, 1.54) is 0 Å². The molecule has 0 amide bonds. The van der Waals surface area contributed by atoms with Crippen LogP contribution in [0.3, 0.4) is 0 Å². The van der Waals surface area contributed by atoms with Crippen molar-refractivity contribution >= 4 is 28.1 Å². The first-order chi connectivity index (χ1) is 9.58. The molecule has 4 nitrogen and oxygen atoms in total. The van der Waals surface area contributed by atoms with Crippen LogP contribution in [0, 0.1) is 13.8 Å². The van der Waals surface area contributed by atoms with E-state index in [4.69, 9.17) is 18.0 Å². The van der Waals surface area contributed by atoms with Gasteiger partial charge in [-0.15, -0.1) is 0 Å². The third-order valence-electron chi connectivity index (χ3n) is 3.25. The van der Waals surface area contributed by atoms with Crippen molar-refractivity contribution in [2.75, 3.05) is 0 Å². The molecule has 0 atom stereocenters. The predicted octanol–water partition coefficient (Wildman–Crippen LogP) is 2.67. The maximum Gasteiger partial charge on any atom is 0.164 e. The number of pyridine rings is 1. The number of nitrogens with two attached hydrogens (primary N) is 1. The molecule has 100 valence electrons. The van der Waals surface area contributed by atoms with Crippen molar-refractivity contribution in [3.05, 3.63) is 53.3 Å². The SMILES string of the molecule is Cc1cc(C)c(C(N)=S)c(-n2ncc3ccccc32)n1. The lowest BCUT2D eigenvalue weighted by Gasteiger charge is -2.12. The van der Waals surface area contributed by atoms with E-state index in [-0.39, 0.29) is 0 Å². The Bertz CT molecular complexity index is 820. The molecule has 0 saturated heterocycles. The highest BCUT2D eigenvalue weighted by Crippen LogP contribution is 2.22. The Labute approximate surface area is 122 Å². The van der Waals surface area contributed by atoms with Crippen molar-refractivity contribution in [3.8, 4) is 5.82 Å². The third-order valence-corrected chi connectivity index (χ3v) is 3.45. The van der Waals surface area contributed by atoms with Gasteiger partial charge >= 0.3 is 0 Å². The van der Waals surface area contributed by atoms with Gasteiger partial charge in [-0.3, -0.25) is 0 Å². The molecule has 3 rings (SSSR count). The Morgan fingerprint density at radius 2 is 2.00 bits per heavy atom. The number of hydrogen-bond acceptors (Lipinski definition) is 3. The number of para-hydroxylation sites is 1. The summed E-state index contributed by atoms with van der Waals surface area (Å²) in [5.41, 5.74) is 9.56. The Morgan fingerprint density at radius 1 is 1.25 bits per heavy atom. The number of thiocarbonyl (C=S) groups is 1. The Hall–Kier alpha value is -2.27. The van der Waals surface area contributed by atoms with Crippen LogP contribution >= 0.6 is 12.2 Å². The standard InChI is InChI=1S/C15H14N4S/c1-9-7-10(2)18-15(13(9)14(16)20)19-12-6-4-3-5-11(12)8-17-19/h3-8H,1-2H3,(H2,16,20). The van der Waals surface area contributed by atoms with E-state index in [0.29, 0.717) is 10.8 Å². The van der Waals surface area contributed by atoms with Crippen LogP contribution in [0.1, 0.15) is 16.8 Å². The molecule has 0 aliphatic heterocycles. The highest BCUT2D eigenvalue weighted by molar-refractivity contribution is 7.80. The van der Waals surface area contributed by atoms with E-state index in [0.717, 1.165) is 27.7 Å². The summed E-state index contributed by atoms with van der Waals surface area (Å²) >= 11 is 5.17. The molecule has 3 aromatic rings. The second-order valence-electron chi connectivity index (χ2n) is 4.76. The lowest BCUT2D eigenvalue weighted by Crippen LogP contribution is -2.17. The van der Waals surface area contributed by atoms with E-state index >= 15 is 0 Å². The van der Waals surface area contributed by atoms with E-state index in [2.05, 4.69) is 10.1 Å². The van der Waals surface area contributed by atoms with Gasteiger partial charge in [0.2, 0.25) is 0 Å². The molecule has 0 spiro atoms. The van der Waals surface area contributed by atoms with E-state index in [1.807, 2.05) is 50.4 Å². The predicted molar refractivity (Wildman–Crippen MR) is 84.2 cm³/mol. The van der Waals surface area contributed by atoms with E-state index in [9.17, 15) is 0 Å². The minimum atomic E-state index is 0.338. The summed E-state index contributed by atoms with van der Waals surface area (Å²) in [6.07, 6.45) is 1.82. The molecule has 0 aliphatic rings. The summed E-state index contributed by atoms with van der Waals surface area (Å²) < 4.78 is 1.80. The lowest BCUT2D eigenvalue weighted by atomic mass is 10.1. The number of nitrogens with zero attached hydrogens (tertiary/aromatic N) is 3. The molecule has 0 saturated carbocycles. The summed E-state index contributed by atoms with van der Waals surface area (Å²) in [5.74, 6) is 0.691. The lowest BCUT2D eigenvalue weighted by molar-refractivity contribution is 0.862. The van der Waals surface area contributed by atoms with Crippen LogP contribution in [0.15, 0.2) is 36.5 Å². The second kappa shape index (κ2) is 4.68. The Balaban J connectivity index is 2.37. The Kier molecular flexibility index (Phi) is 2.99. The van der Waals surface area contributed by atoms with Gasteiger partial charge < -0.3 is 5.73 Å². The van der Waals surface area contributed by atoms with E-state index in [1.54, 1.807) is 4.68 Å². The van der Waals surface area contributed by atoms with Crippen molar-refractivity contribution in [3.63, 3.8) is 0 Å². The van der Waals surface area contributed by atoms with Crippen LogP contribution in [0.2, 0.25) is 0 Å². The third kappa shape index (κ3) is 1.96. The van der Waals surface area contributed by atoms with Gasteiger partial charge in [0.1, 0.15) is 4.99 Å². The Morgan fingerprint density at radius 3 is 2.75 bits per heavy atom. The highest BCUT2D eigenvalue weighted by Gasteiger charge is 2.15. The fraction of sp³-hybridized carbons (Fsp3) is 0.133. The molecule has 20 heavy (non-hydrogen) atoms. The maximum absolute atomic E-state index is 5.87. The van der Waals surface area contributed by atoms with Gasteiger partial charge in [0, 0.05) is 11.1 Å². The molecule has 2 heterocycles. The van der Waals surface area contributed by atoms with Crippen LogP contribution in [0.5, 0.6) is 0 Å². The fourth-order valence-electron chi connectivity index (χ4n) is 2.42. The maximum atomic E-state index is 5.87. The van der Waals surface area contributed by atoms with Crippen LogP contribution in [0.25, 0.3) is 16.7 Å². The number of rotatable bonds is 2. The normalized spacial score (nSPS) is 10.9. The molecule has 0 radical (unpaired) electrons. The van der Waals surface area contributed by atoms with Crippen molar-refractivity contribution in [2.45, 2.75) is 13.8 Å². The van der Waals surface area contributed by atoms with Crippen LogP contribution in [-0.4, -0.2) is 19.8 Å². The largest absolute Gasteiger partial charge is 0.389 e. The van der Waals surface area contributed by atoms with Gasteiger partial charge in [0.05, 0.1) is 17.3 Å². The summed E-state index contributed by atoms with van der Waals surface area (Å²) in [7, 11) is 0. The van der Waals surface area contributed by atoms with Crippen molar-refractivity contribution in [2.24, 2.45) is 5.73 Å². The molecular weight excluding hydrogens is 268 g/mol. The molecule has 0 bridgehead atoms. The quantitative estimate of drug-likeness (QED) is 0.734. The van der Waals surface area contributed by atoms with Gasteiger partial charge in [0.25, 0.3) is 0 Å². The second-order valence-corrected chi connectivity index (χ2v) is 5.20. The minimum Gasteiger partial charge on any atom is -0.389 e. The number of fused-ring (bicyclic) bond motifs is 1. The first kappa shape index (κ1) is 12.7. The van der Waals surface area contributed by atoms with Gasteiger partial charge in [-0.2, -0.15) is 5.10 Å². The minimum absolute atomic E-state index is 0.338. The average Bonchev–Trinajstić information content (AvgIpc) is 2.80. The first-order valence-electron chi connectivity index (χ1n) is 6.29. The van der Waals surface area contributed by atoms with Crippen LogP contribution in [-0.2, 0) is 0 Å². The summed E-state index contributed by atoms with van der Waals surface area (Å²) in [6.45, 7) is 3.93. The van der Waals surface area contributed by atoms with Crippen LogP contribution < -0.4 is 5.73 Å². The van der Waals surface area contributed by atoms with Crippen molar-refractivity contribution in [1.82, 2.24) is 14.8 Å². The fourth-order valence-corrected chi connectivity index (χ4v) is 2.67.